The second-order valence-electron chi connectivity index (χ2n) is 8.14. The Bertz CT molecular complexity index is 1530. The lowest BCUT2D eigenvalue weighted by Gasteiger charge is -2.24. The molecule has 0 fully saturated rings. The molecule has 180 valence electrons. The van der Waals surface area contributed by atoms with Gasteiger partial charge >= 0.3 is 5.97 Å². The third kappa shape index (κ3) is 4.01. The number of nitrogens with zero attached hydrogens (tertiary/aromatic N) is 2. The Kier molecular flexibility index (Phi) is 5.94. The molecule has 3 heterocycles. The predicted octanol–water partition coefficient (Wildman–Crippen LogP) is 2.84. The molecule has 0 N–H and O–H groups in total. The van der Waals surface area contributed by atoms with E-state index in [9.17, 15) is 9.59 Å². The van der Waals surface area contributed by atoms with Crippen LogP contribution in [-0.4, -0.2) is 31.0 Å². The molecule has 0 amide bonds. The van der Waals surface area contributed by atoms with Gasteiger partial charge in [0.15, 0.2) is 16.3 Å². The molecular formula is C26H24N2O6S. The van der Waals surface area contributed by atoms with Crippen molar-refractivity contribution in [2.24, 2.45) is 4.99 Å². The number of aryl methyl sites for hydroxylation is 1. The van der Waals surface area contributed by atoms with Gasteiger partial charge in [-0.1, -0.05) is 23.5 Å². The SMILES string of the molecule is CCOC(=O)C1=C(C)N=c2sc(=Cc3cc4c(cc3C)OCO4)c(=O)n2[C@H]1c1ccc(OC)cc1. The van der Waals surface area contributed by atoms with Crippen LogP contribution in [0, 0.1) is 6.92 Å². The summed E-state index contributed by atoms with van der Waals surface area (Å²) in [6, 6.07) is 10.4. The van der Waals surface area contributed by atoms with Crippen molar-refractivity contribution in [3.63, 3.8) is 0 Å². The maximum atomic E-state index is 13.7. The standard InChI is InChI=1S/C26H24N2O6S/c1-5-32-25(30)22-15(3)27-26-28(23(22)16-6-8-18(31-4)9-7-16)24(29)21(35-26)12-17-11-20-19(10-14(17)2)33-13-34-20/h6-12,23H,5,13H2,1-4H3/t23-/m0/s1. The quantitative estimate of drug-likeness (QED) is 0.509. The number of thiazole rings is 1. The van der Waals surface area contributed by atoms with Gasteiger partial charge in [-0.2, -0.15) is 0 Å². The van der Waals surface area contributed by atoms with Crippen LogP contribution >= 0.6 is 11.3 Å². The minimum atomic E-state index is -0.670. The summed E-state index contributed by atoms with van der Waals surface area (Å²) in [6.45, 7) is 5.87. The van der Waals surface area contributed by atoms with Gasteiger partial charge in [0.25, 0.3) is 5.56 Å². The second kappa shape index (κ2) is 9.07. The summed E-state index contributed by atoms with van der Waals surface area (Å²) < 4.78 is 23.6. The van der Waals surface area contributed by atoms with Gasteiger partial charge in [-0.05, 0) is 67.8 Å². The van der Waals surface area contributed by atoms with Gasteiger partial charge in [-0.25, -0.2) is 9.79 Å². The summed E-state index contributed by atoms with van der Waals surface area (Å²) in [4.78, 5) is 31.8. The van der Waals surface area contributed by atoms with Gasteiger partial charge < -0.3 is 18.9 Å². The fourth-order valence-electron chi connectivity index (χ4n) is 4.25. The fourth-order valence-corrected chi connectivity index (χ4v) is 5.29. The Morgan fingerprint density at radius 2 is 1.91 bits per heavy atom. The minimum Gasteiger partial charge on any atom is -0.497 e. The summed E-state index contributed by atoms with van der Waals surface area (Å²) in [5.41, 5.74) is 3.19. The summed E-state index contributed by atoms with van der Waals surface area (Å²) in [5, 5.41) is 0. The lowest BCUT2D eigenvalue weighted by atomic mass is 9.96. The highest BCUT2D eigenvalue weighted by Crippen LogP contribution is 2.35. The van der Waals surface area contributed by atoms with Gasteiger partial charge in [-0.15, -0.1) is 0 Å². The largest absolute Gasteiger partial charge is 0.497 e. The first-order chi connectivity index (χ1) is 16.9. The lowest BCUT2D eigenvalue weighted by Crippen LogP contribution is -2.39. The van der Waals surface area contributed by atoms with Crippen LogP contribution in [-0.2, 0) is 9.53 Å². The number of carbonyl (C=O) groups is 1. The second-order valence-corrected chi connectivity index (χ2v) is 9.15. The number of fused-ring (bicyclic) bond motifs is 2. The number of hydrogen-bond acceptors (Lipinski definition) is 8. The summed E-state index contributed by atoms with van der Waals surface area (Å²) in [6.07, 6.45) is 1.83. The highest BCUT2D eigenvalue weighted by Gasteiger charge is 2.33. The average Bonchev–Trinajstić information content (AvgIpc) is 3.42. The number of ether oxygens (including phenoxy) is 4. The van der Waals surface area contributed by atoms with Crippen LogP contribution in [0.3, 0.4) is 0 Å². The van der Waals surface area contributed by atoms with Crippen LogP contribution in [0.15, 0.2) is 57.5 Å². The molecule has 1 atom stereocenters. The zero-order valence-electron chi connectivity index (χ0n) is 19.8. The van der Waals surface area contributed by atoms with Crippen LogP contribution < -0.4 is 29.1 Å². The van der Waals surface area contributed by atoms with E-state index in [-0.39, 0.29) is 19.0 Å². The molecule has 0 saturated heterocycles. The topological polar surface area (TPSA) is 88.4 Å². The van der Waals surface area contributed by atoms with Crippen molar-refractivity contribution in [1.82, 2.24) is 4.57 Å². The van der Waals surface area contributed by atoms with Crippen LogP contribution in [0.5, 0.6) is 17.2 Å². The molecule has 0 radical (unpaired) electrons. The fraction of sp³-hybridized carbons (Fsp3) is 0.269. The molecule has 3 aromatic rings. The van der Waals surface area contributed by atoms with Crippen molar-refractivity contribution in [2.75, 3.05) is 20.5 Å². The van der Waals surface area contributed by atoms with E-state index < -0.39 is 12.0 Å². The average molecular weight is 493 g/mol. The zero-order chi connectivity index (χ0) is 24.7. The monoisotopic (exact) mass is 492 g/mol. The number of aromatic nitrogens is 1. The van der Waals surface area contributed by atoms with E-state index in [1.807, 2.05) is 37.3 Å². The molecule has 9 heteroatoms. The number of allylic oxidation sites excluding steroid dienone is 1. The smallest absolute Gasteiger partial charge is 0.338 e. The number of carbonyl (C=O) groups excluding carboxylic acids is 1. The molecule has 2 aliphatic rings. The van der Waals surface area contributed by atoms with E-state index in [0.717, 1.165) is 16.7 Å². The Balaban J connectivity index is 1.70. The Morgan fingerprint density at radius 1 is 1.20 bits per heavy atom. The molecule has 8 nitrogen and oxygen atoms in total. The molecule has 35 heavy (non-hydrogen) atoms. The minimum absolute atomic E-state index is 0.179. The Hall–Kier alpha value is -3.85. The molecule has 0 spiro atoms. The summed E-state index contributed by atoms with van der Waals surface area (Å²) in [7, 11) is 1.59. The molecule has 0 unspecified atom stereocenters. The molecular weight excluding hydrogens is 468 g/mol. The first kappa shape index (κ1) is 22.9. The molecule has 0 aliphatic carbocycles. The maximum absolute atomic E-state index is 13.7. The van der Waals surface area contributed by atoms with E-state index in [2.05, 4.69) is 4.99 Å². The van der Waals surface area contributed by atoms with Crippen molar-refractivity contribution in [2.45, 2.75) is 26.8 Å². The van der Waals surface area contributed by atoms with Gasteiger partial charge in [0.05, 0.1) is 35.6 Å². The van der Waals surface area contributed by atoms with E-state index >= 15 is 0 Å². The summed E-state index contributed by atoms with van der Waals surface area (Å²) >= 11 is 1.28. The Morgan fingerprint density at radius 3 is 2.60 bits per heavy atom. The van der Waals surface area contributed by atoms with E-state index in [0.29, 0.717) is 37.9 Å². The highest BCUT2D eigenvalue weighted by atomic mass is 32.1. The van der Waals surface area contributed by atoms with Gasteiger partial charge in [0, 0.05) is 0 Å². The van der Waals surface area contributed by atoms with Gasteiger partial charge in [0.2, 0.25) is 6.79 Å². The zero-order valence-corrected chi connectivity index (χ0v) is 20.6. The van der Waals surface area contributed by atoms with Crippen molar-refractivity contribution < 1.29 is 23.7 Å². The molecule has 0 saturated carbocycles. The normalized spacial score (nSPS) is 16.7. The predicted molar refractivity (Wildman–Crippen MR) is 131 cm³/mol. The van der Waals surface area contributed by atoms with Crippen molar-refractivity contribution in [3.8, 4) is 17.2 Å². The van der Waals surface area contributed by atoms with E-state index in [4.69, 9.17) is 18.9 Å². The van der Waals surface area contributed by atoms with Gasteiger partial charge in [0.1, 0.15) is 5.75 Å². The lowest BCUT2D eigenvalue weighted by molar-refractivity contribution is -0.139. The number of benzene rings is 2. The van der Waals surface area contributed by atoms with Crippen LogP contribution in [0.4, 0.5) is 0 Å². The van der Waals surface area contributed by atoms with Gasteiger partial charge in [-0.3, -0.25) is 9.36 Å². The van der Waals surface area contributed by atoms with E-state index in [1.54, 1.807) is 37.7 Å². The molecule has 2 aliphatic heterocycles. The third-order valence-corrected chi connectivity index (χ3v) is 6.98. The van der Waals surface area contributed by atoms with E-state index in [1.165, 1.54) is 11.3 Å². The highest BCUT2D eigenvalue weighted by molar-refractivity contribution is 7.07. The van der Waals surface area contributed by atoms with Crippen LogP contribution in [0.2, 0.25) is 0 Å². The number of hydrogen-bond donors (Lipinski definition) is 0. The number of esters is 1. The van der Waals surface area contributed by atoms with Crippen LogP contribution in [0.25, 0.3) is 6.08 Å². The van der Waals surface area contributed by atoms with Crippen molar-refractivity contribution >= 4 is 23.4 Å². The first-order valence-corrected chi connectivity index (χ1v) is 12.0. The molecule has 0 bridgehead atoms. The van der Waals surface area contributed by atoms with Crippen molar-refractivity contribution in [1.29, 1.82) is 0 Å². The maximum Gasteiger partial charge on any atom is 0.338 e. The van der Waals surface area contributed by atoms with Crippen molar-refractivity contribution in [3.05, 3.63) is 84.0 Å². The third-order valence-electron chi connectivity index (χ3n) is 6.00. The number of rotatable bonds is 5. The Labute approximate surface area is 205 Å². The van der Waals surface area contributed by atoms with Crippen LogP contribution in [0.1, 0.15) is 36.6 Å². The molecule has 1 aromatic heterocycles. The number of methoxy groups -OCH3 is 1. The first-order valence-electron chi connectivity index (χ1n) is 11.1. The molecule has 2 aromatic carbocycles. The summed E-state index contributed by atoms with van der Waals surface area (Å²) in [5.74, 6) is 1.52. The molecule has 5 rings (SSSR count).